The van der Waals surface area contributed by atoms with Crippen LogP contribution in [0, 0.1) is 6.92 Å². The second-order valence-corrected chi connectivity index (χ2v) is 5.03. The smallest absolute Gasteiger partial charge is 0.148 e. The van der Waals surface area contributed by atoms with Gasteiger partial charge in [-0.25, -0.2) is 4.98 Å². The van der Waals surface area contributed by atoms with Crippen molar-refractivity contribution < 1.29 is 0 Å². The molecule has 0 fully saturated rings. The van der Waals surface area contributed by atoms with Gasteiger partial charge in [0.1, 0.15) is 11.3 Å². The topological polar surface area (TPSA) is 54.7 Å². The van der Waals surface area contributed by atoms with Gasteiger partial charge in [0, 0.05) is 4.88 Å². The maximum absolute atomic E-state index is 5.87. The highest BCUT2D eigenvalue weighted by molar-refractivity contribution is 7.15. The zero-order chi connectivity index (χ0) is 11.1. The first-order valence-electron chi connectivity index (χ1n) is 5.05. The Morgan fingerprint density at radius 2 is 2.12 bits per heavy atom. The summed E-state index contributed by atoms with van der Waals surface area (Å²) in [5.41, 5.74) is 8.43. The molecule has 3 N–H and O–H groups in total. The lowest BCUT2D eigenvalue weighted by Gasteiger charge is -1.90. The quantitative estimate of drug-likeness (QED) is 0.630. The second-order valence-electron chi connectivity index (χ2n) is 3.74. The van der Waals surface area contributed by atoms with E-state index in [2.05, 4.69) is 29.0 Å². The number of aryl methyl sites for hydroxylation is 1. The molecule has 0 aliphatic carbocycles. The van der Waals surface area contributed by atoms with Crippen molar-refractivity contribution in [1.29, 1.82) is 0 Å². The van der Waals surface area contributed by atoms with E-state index in [0.717, 1.165) is 21.7 Å². The zero-order valence-electron chi connectivity index (χ0n) is 8.82. The number of nitrogens with zero attached hydrogens (tertiary/aromatic N) is 1. The number of H-pyrrole nitrogens is 1. The fourth-order valence-corrected chi connectivity index (χ4v) is 2.55. The Labute approximate surface area is 96.9 Å². The molecule has 4 heteroatoms. The Hall–Kier alpha value is -1.81. The number of fused-ring (bicyclic) bond motifs is 1. The fraction of sp³-hybridized carbons (Fsp3) is 0.0833. The van der Waals surface area contributed by atoms with E-state index in [4.69, 9.17) is 5.73 Å². The number of aromatic amines is 1. The molecule has 0 aliphatic heterocycles. The van der Waals surface area contributed by atoms with Crippen LogP contribution in [0.2, 0.25) is 0 Å². The average molecular weight is 229 g/mol. The van der Waals surface area contributed by atoms with Crippen LogP contribution < -0.4 is 5.73 Å². The number of para-hydroxylation sites is 1. The number of rotatable bonds is 1. The molecule has 2 aromatic heterocycles. The van der Waals surface area contributed by atoms with E-state index >= 15 is 0 Å². The Morgan fingerprint density at radius 1 is 1.25 bits per heavy atom. The van der Waals surface area contributed by atoms with Gasteiger partial charge in [-0.05, 0) is 31.2 Å². The summed E-state index contributed by atoms with van der Waals surface area (Å²) in [6, 6.07) is 9.96. The Bertz CT molecular complexity index is 651. The number of thiophene rings is 1. The molecule has 3 nitrogen and oxygen atoms in total. The molecule has 0 aliphatic rings. The number of imidazole rings is 1. The number of anilines is 1. The van der Waals surface area contributed by atoms with Crippen molar-refractivity contribution in [3.05, 3.63) is 35.2 Å². The zero-order valence-corrected chi connectivity index (χ0v) is 9.64. The van der Waals surface area contributed by atoms with Crippen molar-refractivity contribution in [3.8, 4) is 10.7 Å². The highest BCUT2D eigenvalue weighted by atomic mass is 32.1. The van der Waals surface area contributed by atoms with Crippen molar-refractivity contribution in [2.24, 2.45) is 0 Å². The third-order valence-corrected chi connectivity index (χ3v) is 3.53. The summed E-state index contributed by atoms with van der Waals surface area (Å²) in [4.78, 5) is 10.2. The molecule has 16 heavy (non-hydrogen) atoms. The summed E-state index contributed by atoms with van der Waals surface area (Å²) >= 11 is 1.73. The number of hydrogen-bond acceptors (Lipinski definition) is 3. The Balaban J connectivity index is 2.22. The molecule has 3 aromatic rings. The maximum atomic E-state index is 5.87. The first kappa shape index (κ1) is 9.42. The van der Waals surface area contributed by atoms with Gasteiger partial charge in [0.05, 0.1) is 16.1 Å². The number of nitrogens with one attached hydrogen (secondary N) is 1. The molecule has 0 saturated heterocycles. The largest absolute Gasteiger partial charge is 0.397 e. The van der Waals surface area contributed by atoms with E-state index in [0.29, 0.717) is 5.69 Å². The van der Waals surface area contributed by atoms with Crippen LogP contribution in [0.25, 0.3) is 21.7 Å². The minimum Gasteiger partial charge on any atom is -0.397 e. The molecule has 1 aromatic carbocycles. The predicted molar refractivity (Wildman–Crippen MR) is 68.6 cm³/mol. The second kappa shape index (κ2) is 3.35. The molecule has 0 saturated carbocycles. The van der Waals surface area contributed by atoms with Crippen molar-refractivity contribution >= 4 is 28.1 Å². The number of benzene rings is 1. The molecule has 0 bridgehead atoms. The summed E-state index contributed by atoms with van der Waals surface area (Å²) in [7, 11) is 0. The number of aromatic nitrogens is 2. The van der Waals surface area contributed by atoms with Crippen LogP contribution in [0.15, 0.2) is 30.3 Å². The van der Waals surface area contributed by atoms with Crippen molar-refractivity contribution in [3.63, 3.8) is 0 Å². The number of nitrogens with two attached hydrogens (primary N) is 1. The van der Waals surface area contributed by atoms with Gasteiger partial charge in [0.2, 0.25) is 0 Å². The molecule has 2 heterocycles. The lowest BCUT2D eigenvalue weighted by atomic mass is 10.3. The van der Waals surface area contributed by atoms with Gasteiger partial charge in [0.25, 0.3) is 0 Å². The van der Waals surface area contributed by atoms with Crippen LogP contribution >= 0.6 is 11.3 Å². The normalized spacial score (nSPS) is 11.1. The summed E-state index contributed by atoms with van der Waals surface area (Å²) in [6.07, 6.45) is 0. The molecular formula is C12H11N3S. The van der Waals surface area contributed by atoms with Gasteiger partial charge in [0.15, 0.2) is 0 Å². The van der Waals surface area contributed by atoms with E-state index in [1.54, 1.807) is 11.3 Å². The minimum atomic E-state index is 0.716. The summed E-state index contributed by atoms with van der Waals surface area (Å²) in [6.45, 7) is 2.09. The van der Waals surface area contributed by atoms with E-state index in [1.807, 2.05) is 18.2 Å². The summed E-state index contributed by atoms with van der Waals surface area (Å²) in [5.74, 6) is 0.894. The van der Waals surface area contributed by atoms with Gasteiger partial charge in [-0.3, -0.25) is 0 Å². The van der Waals surface area contributed by atoms with Crippen LogP contribution in [0.1, 0.15) is 4.88 Å². The molecular weight excluding hydrogens is 218 g/mol. The highest BCUT2D eigenvalue weighted by Gasteiger charge is 2.08. The Morgan fingerprint density at radius 3 is 2.81 bits per heavy atom. The number of nitrogen functional groups attached to an aromatic ring is 1. The van der Waals surface area contributed by atoms with E-state index < -0.39 is 0 Å². The molecule has 0 amide bonds. The molecule has 0 atom stereocenters. The van der Waals surface area contributed by atoms with Gasteiger partial charge >= 0.3 is 0 Å². The summed E-state index contributed by atoms with van der Waals surface area (Å²) in [5, 5.41) is 0. The molecule has 3 rings (SSSR count). The molecule has 80 valence electrons. The number of hydrogen-bond donors (Lipinski definition) is 2. The SMILES string of the molecule is Cc1ccc(-c2nc3c(N)cccc3[nH]2)s1. The van der Waals surface area contributed by atoms with Crippen LogP contribution in [0.5, 0.6) is 0 Å². The van der Waals surface area contributed by atoms with Crippen LogP contribution in [0.4, 0.5) is 5.69 Å². The van der Waals surface area contributed by atoms with Crippen LogP contribution in [0.3, 0.4) is 0 Å². The highest BCUT2D eigenvalue weighted by Crippen LogP contribution is 2.28. The van der Waals surface area contributed by atoms with Crippen molar-refractivity contribution in [2.75, 3.05) is 5.73 Å². The Kier molecular flexibility index (Phi) is 1.97. The molecule has 0 spiro atoms. The minimum absolute atomic E-state index is 0.716. The monoisotopic (exact) mass is 229 g/mol. The standard InChI is InChI=1S/C12H11N3S/c1-7-5-6-10(16-7)12-14-9-4-2-3-8(13)11(9)15-12/h2-6H,13H2,1H3,(H,14,15). The van der Waals surface area contributed by atoms with Gasteiger partial charge < -0.3 is 10.7 Å². The van der Waals surface area contributed by atoms with Crippen molar-refractivity contribution in [1.82, 2.24) is 9.97 Å². The van der Waals surface area contributed by atoms with Crippen LogP contribution in [-0.4, -0.2) is 9.97 Å². The van der Waals surface area contributed by atoms with Gasteiger partial charge in [-0.1, -0.05) is 6.07 Å². The van der Waals surface area contributed by atoms with Gasteiger partial charge in [-0.2, -0.15) is 0 Å². The third kappa shape index (κ3) is 1.39. The average Bonchev–Trinajstić information content (AvgIpc) is 2.84. The van der Waals surface area contributed by atoms with E-state index in [-0.39, 0.29) is 0 Å². The maximum Gasteiger partial charge on any atom is 0.148 e. The first-order valence-corrected chi connectivity index (χ1v) is 5.87. The first-order chi connectivity index (χ1) is 7.74. The lowest BCUT2D eigenvalue weighted by Crippen LogP contribution is -1.84. The lowest BCUT2D eigenvalue weighted by molar-refractivity contribution is 1.36. The predicted octanol–water partition coefficient (Wildman–Crippen LogP) is 3.18. The fourth-order valence-electron chi connectivity index (χ4n) is 1.73. The molecule has 0 unspecified atom stereocenters. The molecule has 0 radical (unpaired) electrons. The van der Waals surface area contributed by atoms with Gasteiger partial charge in [-0.15, -0.1) is 11.3 Å². The summed E-state index contributed by atoms with van der Waals surface area (Å²) < 4.78 is 0. The van der Waals surface area contributed by atoms with Crippen molar-refractivity contribution in [2.45, 2.75) is 6.92 Å². The van der Waals surface area contributed by atoms with Crippen LogP contribution in [-0.2, 0) is 0 Å². The van der Waals surface area contributed by atoms with E-state index in [1.165, 1.54) is 4.88 Å². The third-order valence-electron chi connectivity index (χ3n) is 2.52. The van der Waals surface area contributed by atoms with E-state index in [9.17, 15) is 0 Å².